The molecule has 1 aromatic carbocycles. The maximum Gasteiger partial charge on any atom is 0.399 e. The van der Waals surface area contributed by atoms with Gasteiger partial charge in [0.1, 0.15) is 5.69 Å². The van der Waals surface area contributed by atoms with Gasteiger partial charge in [-0.1, -0.05) is 41.3 Å². The lowest BCUT2D eigenvalue weighted by molar-refractivity contribution is -0.380. The van der Waals surface area contributed by atoms with Gasteiger partial charge >= 0.3 is 5.95 Å². The zero-order valence-electron chi connectivity index (χ0n) is 13.9. The Labute approximate surface area is 154 Å². The molecule has 3 N–H and O–H groups in total. The van der Waals surface area contributed by atoms with E-state index in [-0.39, 0.29) is 0 Å². The minimum absolute atomic E-state index is 0.608. The molecule has 0 unspecified atom stereocenters. The molecule has 0 aliphatic heterocycles. The Morgan fingerprint density at radius 3 is 3.00 bits per heavy atom. The highest BCUT2D eigenvalue weighted by molar-refractivity contribution is 9.10. The number of anilines is 2. The molecule has 0 spiro atoms. The molecular formula is C18H21BrN5O+. The van der Waals surface area contributed by atoms with Crippen LogP contribution in [-0.4, -0.2) is 21.6 Å². The summed E-state index contributed by atoms with van der Waals surface area (Å²) in [5, 5.41) is 3.27. The number of imidazole rings is 1. The summed E-state index contributed by atoms with van der Waals surface area (Å²) < 4.78 is 7.11. The van der Waals surface area contributed by atoms with Gasteiger partial charge in [-0.3, -0.25) is 0 Å². The van der Waals surface area contributed by atoms with Crippen LogP contribution in [0.4, 0.5) is 11.6 Å². The summed E-state index contributed by atoms with van der Waals surface area (Å²) in [4.78, 5) is 15.2. The molecule has 6 nitrogen and oxygen atoms in total. The molecular weight excluding hydrogens is 382 g/mol. The van der Waals surface area contributed by atoms with E-state index in [0.717, 1.165) is 22.3 Å². The number of ether oxygens (including phenoxy) is 1. The van der Waals surface area contributed by atoms with Crippen LogP contribution in [0.1, 0.15) is 32.1 Å². The number of fused-ring (bicyclic) bond motifs is 1. The van der Waals surface area contributed by atoms with Gasteiger partial charge in [-0.2, -0.15) is 0 Å². The van der Waals surface area contributed by atoms with E-state index in [0.29, 0.717) is 23.4 Å². The quantitative estimate of drug-likeness (QED) is 0.668. The van der Waals surface area contributed by atoms with Crippen molar-refractivity contribution in [2.24, 2.45) is 5.92 Å². The fourth-order valence-corrected chi connectivity index (χ4v) is 3.67. The van der Waals surface area contributed by atoms with Crippen molar-refractivity contribution in [1.82, 2.24) is 15.0 Å². The second kappa shape index (κ2) is 7.39. The van der Waals surface area contributed by atoms with Gasteiger partial charge in [-0.15, -0.1) is 0 Å². The van der Waals surface area contributed by atoms with Crippen LogP contribution in [0.3, 0.4) is 0 Å². The molecule has 7 heteroatoms. The number of hydrogen-bond donors (Lipinski definition) is 2. The maximum absolute atomic E-state index is 6.10. The molecule has 1 aliphatic rings. The number of hydrogen-bond acceptors (Lipinski definition) is 4. The number of nitrogens with zero attached hydrogens (tertiary/aromatic N) is 2. The van der Waals surface area contributed by atoms with Crippen LogP contribution < -0.4 is 15.0 Å². The smallest absolute Gasteiger partial charge is 0.399 e. The van der Waals surface area contributed by atoms with Gasteiger partial charge < -0.3 is 9.72 Å². The first-order valence-corrected chi connectivity index (χ1v) is 9.49. The third kappa shape index (κ3) is 3.92. The van der Waals surface area contributed by atoms with Crippen molar-refractivity contribution in [2.45, 2.75) is 32.1 Å². The predicted molar refractivity (Wildman–Crippen MR) is 99.9 cm³/mol. The van der Waals surface area contributed by atoms with Crippen molar-refractivity contribution in [2.75, 3.05) is 11.9 Å². The first-order chi connectivity index (χ1) is 12.3. The minimum atomic E-state index is 0.608. The fourth-order valence-electron chi connectivity index (χ4n) is 3.27. The van der Waals surface area contributed by atoms with Crippen LogP contribution in [0.2, 0.25) is 0 Å². The Morgan fingerprint density at radius 1 is 1.28 bits per heavy atom. The monoisotopic (exact) mass is 402 g/mol. The second-order valence-electron chi connectivity index (χ2n) is 6.47. The van der Waals surface area contributed by atoms with E-state index < -0.39 is 0 Å². The highest BCUT2D eigenvalue weighted by Crippen LogP contribution is 2.26. The van der Waals surface area contributed by atoms with Gasteiger partial charge in [-0.25, -0.2) is 15.3 Å². The molecule has 25 heavy (non-hydrogen) atoms. The summed E-state index contributed by atoms with van der Waals surface area (Å²) in [5.74, 6) is 1.93. The molecule has 3 aromatic rings. The largest absolute Gasteiger partial charge is 0.466 e. The Balaban J connectivity index is 1.56. The van der Waals surface area contributed by atoms with Crippen LogP contribution in [0.25, 0.3) is 11.2 Å². The summed E-state index contributed by atoms with van der Waals surface area (Å²) >= 11 is 3.48. The highest BCUT2D eigenvalue weighted by Gasteiger charge is 2.20. The Bertz CT molecular complexity index is 860. The van der Waals surface area contributed by atoms with Crippen molar-refractivity contribution < 1.29 is 9.72 Å². The molecule has 130 valence electrons. The summed E-state index contributed by atoms with van der Waals surface area (Å²) in [6.45, 7) is 0.727. The minimum Gasteiger partial charge on any atom is -0.466 e. The molecule has 2 aromatic heterocycles. The fraction of sp³-hybridized carbons (Fsp3) is 0.389. The number of H-pyrrole nitrogens is 2. The number of aromatic amines is 2. The van der Waals surface area contributed by atoms with Gasteiger partial charge in [-0.05, 0) is 41.9 Å². The summed E-state index contributed by atoms with van der Waals surface area (Å²) in [6.07, 6.45) is 8.11. The van der Waals surface area contributed by atoms with Crippen LogP contribution in [0.5, 0.6) is 5.88 Å². The van der Waals surface area contributed by atoms with Crippen LogP contribution >= 0.6 is 15.9 Å². The van der Waals surface area contributed by atoms with E-state index in [4.69, 9.17) is 4.74 Å². The number of rotatable bonds is 5. The van der Waals surface area contributed by atoms with Gasteiger partial charge in [0.15, 0.2) is 5.52 Å². The standard InChI is InChI=1S/C18H20BrN5O/c19-13-7-4-8-14(9-13)22-18-23-16-15(20-11-21-16)17(24-18)25-10-12-5-2-1-3-6-12/h4,7-9,11-12H,1-3,5-6,10H2,(H2,20,21,22,23,24)/p+1. The molecule has 0 amide bonds. The summed E-state index contributed by atoms with van der Waals surface area (Å²) in [6, 6.07) is 7.93. The lowest BCUT2D eigenvalue weighted by Gasteiger charge is -2.21. The van der Waals surface area contributed by atoms with Crippen molar-refractivity contribution in [3.8, 4) is 5.88 Å². The number of nitrogens with one attached hydrogen (secondary N) is 3. The normalized spacial score (nSPS) is 15.4. The lowest BCUT2D eigenvalue weighted by atomic mass is 9.90. The maximum atomic E-state index is 6.10. The van der Waals surface area contributed by atoms with E-state index in [9.17, 15) is 0 Å². The van der Waals surface area contributed by atoms with Crippen molar-refractivity contribution in [3.05, 3.63) is 35.1 Å². The lowest BCUT2D eigenvalue weighted by Crippen LogP contribution is -2.21. The van der Waals surface area contributed by atoms with Crippen LogP contribution in [-0.2, 0) is 0 Å². The second-order valence-corrected chi connectivity index (χ2v) is 7.38. The van der Waals surface area contributed by atoms with Crippen molar-refractivity contribution >= 4 is 38.7 Å². The molecule has 4 rings (SSSR count). The summed E-state index contributed by atoms with van der Waals surface area (Å²) in [7, 11) is 0. The van der Waals surface area contributed by atoms with E-state index in [1.54, 1.807) is 6.33 Å². The molecule has 1 saturated carbocycles. The zero-order chi connectivity index (χ0) is 17.1. The molecule has 0 bridgehead atoms. The SMILES string of the molecule is Brc1cccc(Nc2nc3nc[nH]c3c(OCC3CCCCC3)[nH+]2)c1. The van der Waals surface area contributed by atoms with Crippen LogP contribution in [0, 0.1) is 5.92 Å². The Morgan fingerprint density at radius 2 is 2.16 bits per heavy atom. The van der Waals surface area contributed by atoms with Gasteiger partial charge in [0.25, 0.3) is 11.5 Å². The third-order valence-corrected chi connectivity index (χ3v) is 5.06. The molecule has 2 heterocycles. The zero-order valence-corrected chi connectivity index (χ0v) is 15.5. The average molecular weight is 403 g/mol. The predicted octanol–water partition coefficient (Wildman–Crippen LogP) is 4.24. The Kier molecular flexibility index (Phi) is 4.83. The van der Waals surface area contributed by atoms with E-state index in [1.165, 1.54) is 32.1 Å². The number of aromatic nitrogens is 4. The first-order valence-electron chi connectivity index (χ1n) is 8.70. The number of benzene rings is 1. The van der Waals surface area contributed by atoms with Crippen molar-refractivity contribution in [1.29, 1.82) is 0 Å². The Hall–Kier alpha value is -2.15. The highest BCUT2D eigenvalue weighted by atomic mass is 79.9. The van der Waals surface area contributed by atoms with E-state index in [1.807, 2.05) is 24.3 Å². The van der Waals surface area contributed by atoms with Gasteiger partial charge in [0.2, 0.25) is 0 Å². The first kappa shape index (κ1) is 16.3. The molecule has 1 aliphatic carbocycles. The van der Waals surface area contributed by atoms with E-state index in [2.05, 4.69) is 41.2 Å². The van der Waals surface area contributed by atoms with Crippen molar-refractivity contribution in [3.63, 3.8) is 0 Å². The topological polar surface area (TPSA) is 77.0 Å². The third-order valence-electron chi connectivity index (χ3n) is 4.57. The van der Waals surface area contributed by atoms with E-state index >= 15 is 0 Å². The average Bonchev–Trinajstić information content (AvgIpc) is 3.09. The summed E-state index contributed by atoms with van der Waals surface area (Å²) in [5.41, 5.74) is 2.37. The number of halogens is 1. The van der Waals surface area contributed by atoms with Gasteiger partial charge in [0.05, 0.1) is 12.9 Å². The molecule has 0 radical (unpaired) electrons. The molecule has 0 atom stereocenters. The molecule has 1 fully saturated rings. The molecule has 0 saturated heterocycles. The van der Waals surface area contributed by atoms with Gasteiger partial charge in [0, 0.05) is 4.47 Å². The van der Waals surface area contributed by atoms with Crippen LogP contribution in [0.15, 0.2) is 35.1 Å².